The zero-order valence-electron chi connectivity index (χ0n) is 20.6. The fourth-order valence-electron chi connectivity index (χ4n) is 4.68. The Morgan fingerprint density at radius 1 is 1.00 bits per heavy atom. The molecule has 39 heavy (non-hydrogen) atoms. The highest BCUT2D eigenvalue weighted by atomic mass is 35.5. The van der Waals surface area contributed by atoms with E-state index in [1.807, 2.05) is 6.07 Å². The molecule has 0 atom stereocenters. The van der Waals surface area contributed by atoms with Crippen molar-refractivity contribution in [3.8, 4) is 17.0 Å². The van der Waals surface area contributed by atoms with Crippen LogP contribution in [0.5, 0.6) is 5.75 Å². The number of hydrogen-bond acceptors (Lipinski definition) is 5. The Balaban J connectivity index is 1.42. The lowest BCUT2D eigenvalue weighted by Gasteiger charge is -2.12. The van der Waals surface area contributed by atoms with Crippen LogP contribution in [0.4, 0.5) is 10.5 Å². The predicted octanol–water partition coefficient (Wildman–Crippen LogP) is 7.28. The van der Waals surface area contributed by atoms with Gasteiger partial charge in [0, 0.05) is 29.9 Å². The summed E-state index contributed by atoms with van der Waals surface area (Å²) in [5.41, 5.74) is 3.00. The van der Waals surface area contributed by atoms with E-state index in [9.17, 15) is 14.7 Å². The van der Waals surface area contributed by atoms with Gasteiger partial charge in [-0.15, -0.1) is 0 Å². The monoisotopic (exact) mass is 583 g/mol. The normalized spacial score (nSPS) is 13.4. The fraction of sp³-hybridized carbons (Fsp3) is 0.214. The molecule has 1 aliphatic carbocycles. The minimum absolute atomic E-state index is 0.0359. The highest BCUT2D eigenvalue weighted by Crippen LogP contribution is 2.38. The summed E-state index contributed by atoms with van der Waals surface area (Å²) in [6.07, 6.45) is 5.52. The molecule has 2 aromatic carbocycles. The summed E-state index contributed by atoms with van der Waals surface area (Å²) in [4.78, 5) is 29.9. The standard InChI is InChI=1S/C28H24Cl3N5O3/c29-21-9-7-16(12-22(21)30)15-33-28(39)36-24(17-4-1-2-5-17)14-23(35-36)20-13-18(8-10-25(20)37)34-27(38)19-6-3-11-32-26(19)31/h3,6-14,17,37H,1-2,4-5,15H2,(H,33,39)(H,34,38). The van der Waals surface area contributed by atoms with Gasteiger partial charge in [0.1, 0.15) is 10.9 Å². The van der Waals surface area contributed by atoms with E-state index in [1.165, 1.54) is 16.9 Å². The first kappa shape index (κ1) is 27.0. The van der Waals surface area contributed by atoms with E-state index in [2.05, 4.69) is 20.7 Å². The van der Waals surface area contributed by atoms with E-state index in [0.29, 0.717) is 27.0 Å². The number of rotatable bonds is 6. The molecule has 8 nitrogen and oxygen atoms in total. The number of phenols is 1. The number of nitrogens with zero attached hydrogens (tertiary/aromatic N) is 3. The topological polar surface area (TPSA) is 109 Å². The van der Waals surface area contributed by atoms with Crippen molar-refractivity contribution in [3.05, 3.63) is 92.8 Å². The molecule has 2 aromatic heterocycles. The number of amides is 2. The Morgan fingerprint density at radius 3 is 2.54 bits per heavy atom. The molecule has 1 saturated carbocycles. The van der Waals surface area contributed by atoms with E-state index in [-0.39, 0.29) is 28.9 Å². The van der Waals surface area contributed by atoms with Crippen LogP contribution in [-0.4, -0.2) is 31.8 Å². The van der Waals surface area contributed by atoms with Crippen molar-refractivity contribution in [3.63, 3.8) is 0 Å². The van der Waals surface area contributed by atoms with E-state index in [4.69, 9.17) is 34.8 Å². The largest absolute Gasteiger partial charge is 0.507 e. The molecule has 11 heteroatoms. The molecule has 1 fully saturated rings. The van der Waals surface area contributed by atoms with Crippen molar-refractivity contribution in [2.45, 2.75) is 38.1 Å². The van der Waals surface area contributed by atoms with Gasteiger partial charge < -0.3 is 15.7 Å². The third-order valence-corrected chi connectivity index (χ3v) is 7.70. The third kappa shape index (κ3) is 6.03. The molecule has 200 valence electrons. The molecule has 0 bridgehead atoms. The number of pyridine rings is 1. The van der Waals surface area contributed by atoms with Crippen molar-refractivity contribution >= 4 is 52.4 Å². The van der Waals surface area contributed by atoms with Gasteiger partial charge in [0.05, 0.1) is 27.0 Å². The van der Waals surface area contributed by atoms with Gasteiger partial charge in [0.25, 0.3) is 5.91 Å². The first-order valence-electron chi connectivity index (χ1n) is 12.4. The zero-order valence-corrected chi connectivity index (χ0v) is 22.9. The van der Waals surface area contributed by atoms with Crippen molar-refractivity contribution in [2.75, 3.05) is 5.32 Å². The van der Waals surface area contributed by atoms with E-state index >= 15 is 0 Å². The number of carbonyl (C=O) groups excluding carboxylic acids is 2. The minimum Gasteiger partial charge on any atom is -0.507 e. The number of benzene rings is 2. The maximum Gasteiger partial charge on any atom is 0.342 e. The fourth-order valence-corrected chi connectivity index (χ4v) is 5.20. The van der Waals surface area contributed by atoms with Gasteiger partial charge in [-0.05, 0) is 66.9 Å². The molecule has 2 heterocycles. The summed E-state index contributed by atoms with van der Waals surface area (Å²) in [6, 6.07) is 14.4. The lowest BCUT2D eigenvalue weighted by Crippen LogP contribution is -2.30. The molecule has 1 aliphatic rings. The predicted molar refractivity (Wildman–Crippen MR) is 152 cm³/mol. The van der Waals surface area contributed by atoms with E-state index < -0.39 is 11.9 Å². The summed E-state index contributed by atoms with van der Waals surface area (Å²) in [5, 5.41) is 21.8. The van der Waals surface area contributed by atoms with Crippen LogP contribution in [0.2, 0.25) is 15.2 Å². The summed E-state index contributed by atoms with van der Waals surface area (Å²) in [6.45, 7) is 0.235. The Kier molecular flexibility index (Phi) is 8.07. The van der Waals surface area contributed by atoms with Crippen LogP contribution in [0, 0.1) is 0 Å². The highest BCUT2D eigenvalue weighted by molar-refractivity contribution is 6.42. The highest BCUT2D eigenvalue weighted by Gasteiger charge is 2.26. The van der Waals surface area contributed by atoms with Gasteiger partial charge in [0.2, 0.25) is 0 Å². The van der Waals surface area contributed by atoms with Crippen LogP contribution in [0.15, 0.2) is 60.8 Å². The molecule has 3 N–H and O–H groups in total. The molecule has 0 aliphatic heterocycles. The number of anilines is 1. The first-order chi connectivity index (χ1) is 18.8. The molecular weight excluding hydrogens is 561 g/mol. The lowest BCUT2D eigenvalue weighted by atomic mass is 10.0. The van der Waals surface area contributed by atoms with Crippen LogP contribution >= 0.6 is 34.8 Å². The first-order valence-corrected chi connectivity index (χ1v) is 13.5. The minimum atomic E-state index is -0.441. The van der Waals surface area contributed by atoms with Crippen molar-refractivity contribution in [1.82, 2.24) is 20.1 Å². The second-order valence-corrected chi connectivity index (χ2v) is 10.5. The Hall–Kier alpha value is -3.59. The SMILES string of the molecule is O=C(Nc1ccc(O)c(-c2cc(C3CCCC3)n(C(=O)NCc3ccc(Cl)c(Cl)c3)n2)c1)c1cccnc1Cl. The van der Waals surface area contributed by atoms with Crippen LogP contribution < -0.4 is 10.6 Å². The van der Waals surface area contributed by atoms with Crippen LogP contribution in [0.3, 0.4) is 0 Å². The van der Waals surface area contributed by atoms with Gasteiger partial charge in [-0.2, -0.15) is 9.78 Å². The van der Waals surface area contributed by atoms with Crippen LogP contribution in [0.25, 0.3) is 11.3 Å². The lowest BCUT2D eigenvalue weighted by molar-refractivity contribution is 0.102. The third-order valence-electron chi connectivity index (χ3n) is 6.66. The summed E-state index contributed by atoms with van der Waals surface area (Å²) in [7, 11) is 0. The summed E-state index contributed by atoms with van der Waals surface area (Å²) >= 11 is 18.2. The number of aromatic nitrogens is 3. The molecule has 2 amide bonds. The van der Waals surface area contributed by atoms with Gasteiger partial charge in [0.15, 0.2) is 0 Å². The molecule has 0 unspecified atom stereocenters. The smallest absolute Gasteiger partial charge is 0.342 e. The van der Waals surface area contributed by atoms with E-state index in [1.54, 1.807) is 42.5 Å². The maximum absolute atomic E-state index is 13.3. The van der Waals surface area contributed by atoms with Crippen LogP contribution in [-0.2, 0) is 6.54 Å². The van der Waals surface area contributed by atoms with Crippen molar-refractivity contribution in [2.24, 2.45) is 0 Å². The van der Waals surface area contributed by atoms with Crippen molar-refractivity contribution in [1.29, 1.82) is 0 Å². The molecule has 5 rings (SSSR count). The second-order valence-electron chi connectivity index (χ2n) is 9.28. The van der Waals surface area contributed by atoms with Crippen molar-refractivity contribution < 1.29 is 14.7 Å². The number of halogens is 3. The molecule has 4 aromatic rings. The second kappa shape index (κ2) is 11.7. The van der Waals surface area contributed by atoms with Gasteiger partial charge in [-0.1, -0.05) is 53.7 Å². The van der Waals surface area contributed by atoms with Crippen LogP contribution in [0.1, 0.15) is 53.2 Å². The number of phenolic OH excluding ortho intramolecular Hbond substituents is 1. The number of carbonyl (C=O) groups is 2. The summed E-state index contributed by atoms with van der Waals surface area (Å²) in [5.74, 6) is -0.311. The number of hydrogen-bond donors (Lipinski definition) is 3. The molecule has 0 radical (unpaired) electrons. The summed E-state index contributed by atoms with van der Waals surface area (Å²) < 4.78 is 1.36. The number of nitrogens with one attached hydrogen (secondary N) is 2. The van der Waals surface area contributed by atoms with Gasteiger partial charge >= 0.3 is 6.03 Å². The van der Waals surface area contributed by atoms with Gasteiger partial charge in [-0.25, -0.2) is 9.78 Å². The van der Waals surface area contributed by atoms with Gasteiger partial charge in [-0.3, -0.25) is 4.79 Å². The number of aromatic hydroxyl groups is 1. The average molecular weight is 585 g/mol. The molecular formula is C28H24Cl3N5O3. The molecule has 0 saturated heterocycles. The zero-order chi connectivity index (χ0) is 27.5. The molecule has 0 spiro atoms. The average Bonchev–Trinajstić information content (AvgIpc) is 3.61. The Bertz CT molecular complexity index is 1550. The quantitative estimate of drug-likeness (QED) is 0.163. The van der Waals surface area contributed by atoms with E-state index in [0.717, 1.165) is 36.9 Å². The maximum atomic E-state index is 13.3. The Morgan fingerprint density at radius 2 is 1.79 bits per heavy atom. The Labute approximate surface area is 239 Å².